The van der Waals surface area contributed by atoms with Crippen LogP contribution in [0.4, 0.5) is 0 Å². The maximum atomic E-state index is 11.9. The summed E-state index contributed by atoms with van der Waals surface area (Å²) in [5, 5.41) is 3.67. The molecular weight excluding hydrogens is 346 g/mol. The average molecular weight is 370 g/mol. The lowest BCUT2D eigenvalue weighted by molar-refractivity contribution is -0.146. The smallest absolute Gasteiger partial charge is 0.316 e. The van der Waals surface area contributed by atoms with E-state index in [0.29, 0.717) is 16.7 Å². The first-order valence-electron chi connectivity index (χ1n) is 8.32. The molecular formula is C18H24ClNO3S. The van der Waals surface area contributed by atoms with Gasteiger partial charge in [-0.05, 0) is 30.4 Å². The number of benzene rings is 1. The Bertz CT molecular complexity index is 567. The van der Waals surface area contributed by atoms with Crippen molar-refractivity contribution in [2.45, 2.75) is 44.4 Å². The van der Waals surface area contributed by atoms with Gasteiger partial charge in [0, 0.05) is 16.8 Å². The van der Waals surface area contributed by atoms with Gasteiger partial charge in [-0.25, -0.2) is 0 Å². The molecule has 0 aromatic heterocycles. The normalized spacial score (nSPS) is 20.4. The van der Waals surface area contributed by atoms with E-state index >= 15 is 0 Å². The number of esters is 1. The predicted molar refractivity (Wildman–Crippen MR) is 98.1 cm³/mol. The molecule has 1 aromatic carbocycles. The molecule has 2 atom stereocenters. The minimum absolute atomic E-state index is 0.200. The Kier molecular flexibility index (Phi) is 7.92. The second-order valence-electron chi connectivity index (χ2n) is 6.18. The number of rotatable bonds is 7. The summed E-state index contributed by atoms with van der Waals surface area (Å²) in [5.41, 5.74) is 0.987. The highest BCUT2D eigenvalue weighted by Gasteiger charge is 2.23. The van der Waals surface area contributed by atoms with E-state index in [2.05, 4.69) is 12.2 Å². The molecule has 0 radical (unpaired) electrons. The van der Waals surface area contributed by atoms with E-state index in [9.17, 15) is 9.59 Å². The topological polar surface area (TPSA) is 55.4 Å². The fraction of sp³-hybridized carbons (Fsp3) is 0.556. The van der Waals surface area contributed by atoms with Gasteiger partial charge in [-0.2, -0.15) is 0 Å². The number of carbonyl (C=O) groups excluding carboxylic acids is 2. The zero-order valence-electron chi connectivity index (χ0n) is 13.9. The highest BCUT2D eigenvalue weighted by atomic mass is 35.5. The van der Waals surface area contributed by atoms with Gasteiger partial charge in [-0.15, -0.1) is 11.8 Å². The number of nitrogens with one attached hydrogen (secondary N) is 1. The largest absolute Gasteiger partial charge is 0.455 e. The molecule has 1 N–H and O–H groups in total. The molecule has 0 spiro atoms. The number of ether oxygens (including phenoxy) is 1. The second kappa shape index (κ2) is 9.94. The van der Waals surface area contributed by atoms with Gasteiger partial charge in [0.05, 0.1) is 5.75 Å². The Morgan fingerprint density at radius 2 is 2.04 bits per heavy atom. The zero-order valence-corrected chi connectivity index (χ0v) is 15.5. The minimum Gasteiger partial charge on any atom is -0.455 e. The van der Waals surface area contributed by atoms with E-state index in [-0.39, 0.29) is 30.3 Å². The zero-order chi connectivity index (χ0) is 17.4. The molecule has 0 saturated heterocycles. The maximum Gasteiger partial charge on any atom is 0.316 e. The van der Waals surface area contributed by atoms with E-state index in [4.69, 9.17) is 16.3 Å². The van der Waals surface area contributed by atoms with Crippen LogP contribution >= 0.6 is 23.4 Å². The van der Waals surface area contributed by atoms with E-state index < -0.39 is 0 Å². The monoisotopic (exact) mass is 369 g/mol. The summed E-state index contributed by atoms with van der Waals surface area (Å²) in [6.07, 6.45) is 4.52. The van der Waals surface area contributed by atoms with Crippen molar-refractivity contribution >= 4 is 35.2 Å². The fourth-order valence-corrected chi connectivity index (χ4v) is 3.93. The van der Waals surface area contributed by atoms with Gasteiger partial charge in [0.25, 0.3) is 5.91 Å². The molecule has 0 aliphatic heterocycles. The Hall–Kier alpha value is -1.20. The number of halogens is 1. The van der Waals surface area contributed by atoms with Crippen LogP contribution in [0, 0.1) is 5.92 Å². The first-order chi connectivity index (χ1) is 11.6. The van der Waals surface area contributed by atoms with Crippen LogP contribution in [-0.2, 0) is 20.1 Å². The summed E-state index contributed by atoms with van der Waals surface area (Å²) < 4.78 is 5.04. The summed E-state index contributed by atoms with van der Waals surface area (Å²) in [6.45, 7) is 1.95. The summed E-state index contributed by atoms with van der Waals surface area (Å²) in [5.74, 6) is 0.750. The lowest BCUT2D eigenvalue weighted by Gasteiger charge is -2.29. The molecule has 1 aromatic rings. The van der Waals surface area contributed by atoms with Gasteiger partial charge in [0.15, 0.2) is 6.61 Å². The average Bonchev–Trinajstić information content (AvgIpc) is 2.57. The molecule has 1 saturated carbocycles. The molecule has 1 aliphatic rings. The number of carbonyl (C=O) groups is 2. The van der Waals surface area contributed by atoms with Gasteiger partial charge >= 0.3 is 5.97 Å². The van der Waals surface area contributed by atoms with Gasteiger partial charge in [-0.1, -0.05) is 49.6 Å². The minimum atomic E-state index is -0.376. The van der Waals surface area contributed by atoms with Crippen molar-refractivity contribution in [3.05, 3.63) is 34.9 Å². The molecule has 132 valence electrons. The molecule has 0 bridgehead atoms. The highest BCUT2D eigenvalue weighted by Crippen LogP contribution is 2.23. The predicted octanol–water partition coefficient (Wildman–Crippen LogP) is 3.81. The van der Waals surface area contributed by atoms with Gasteiger partial charge in [0.2, 0.25) is 0 Å². The van der Waals surface area contributed by atoms with Crippen LogP contribution in [0.15, 0.2) is 24.3 Å². The van der Waals surface area contributed by atoms with Gasteiger partial charge < -0.3 is 10.1 Å². The third-order valence-corrected chi connectivity index (χ3v) is 5.58. The van der Waals surface area contributed by atoms with Crippen LogP contribution in [0.5, 0.6) is 0 Å². The number of hydrogen-bond acceptors (Lipinski definition) is 4. The van der Waals surface area contributed by atoms with E-state index in [1.807, 2.05) is 24.3 Å². The second-order valence-corrected chi connectivity index (χ2v) is 7.57. The lowest BCUT2D eigenvalue weighted by Crippen LogP contribution is -2.43. The molecule has 2 rings (SSSR count). The Balaban J connectivity index is 1.62. The highest BCUT2D eigenvalue weighted by molar-refractivity contribution is 7.99. The third-order valence-electron chi connectivity index (χ3n) is 4.26. The summed E-state index contributed by atoms with van der Waals surface area (Å²) >= 11 is 7.49. The van der Waals surface area contributed by atoms with Crippen molar-refractivity contribution < 1.29 is 14.3 Å². The number of amides is 1. The number of thioether (sulfide) groups is 1. The Labute approximate surface area is 152 Å². The van der Waals surface area contributed by atoms with Gasteiger partial charge in [-0.3, -0.25) is 9.59 Å². The molecule has 1 aliphatic carbocycles. The quantitative estimate of drug-likeness (QED) is 0.742. The summed E-state index contributed by atoms with van der Waals surface area (Å²) in [6, 6.07) is 7.75. The fourth-order valence-electron chi connectivity index (χ4n) is 2.83. The maximum absolute atomic E-state index is 11.9. The van der Waals surface area contributed by atoms with Crippen LogP contribution in [0.2, 0.25) is 5.02 Å². The summed E-state index contributed by atoms with van der Waals surface area (Å²) in [4.78, 5) is 23.6. The van der Waals surface area contributed by atoms with Crippen LogP contribution in [0.25, 0.3) is 0 Å². The van der Waals surface area contributed by atoms with Crippen LogP contribution in [0.1, 0.15) is 38.2 Å². The van der Waals surface area contributed by atoms with Crippen LogP contribution < -0.4 is 5.32 Å². The third kappa shape index (κ3) is 6.36. The van der Waals surface area contributed by atoms with E-state index in [1.54, 1.807) is 0 Å². The van der Waals surface area contributed by atoms with Crippen molar-refractivity contribution in [1.29, 1.82) is 0 Å². The van der Waals surface area contributed by atoms with Crippen molar-refractivity contribution in [3.63, 3.8) is 0 Å². The first-order valence-corrected chi connectivity index (χ1v) is 9.85. The molecule has 0 heterocycles. The molecule has 4 nitrogen and oxygen atoms in total. The van der Waals surface area contributed by atoms with Crippen molar-refractivity contribution in [3.8, 4) is 0 Å². The van der Waals surface area contributed by atoms with Crippen molar-refractivity contribution in [1.82, 2.24) is 5.32 Å². The Morgan fingerprint density at radius 1 is 1.29 bits per heavy atom. The molecule has 0 unspecified atom stereocenters. The standard InChI is InChI=1S/C18H24ClNO3S/c1-13-6-2-5-9-16(13)20-17(21)10-23-18(22)12-24-11-14-7-3-4-8-15(14)19/h3-4,7-8,13,16H,2,5-6,9-12H2,1H3,(H,20,21)/t13-,16-/m1/s1. The van der Waals surface area contributed by atoms with Gasteiger partial charge in [0.1, 0.15) is 0 Å². The molecule has 6 heteroatoms. The molecule has 24 heavy (non-hydrogen) atoms. The molecule has 1 amide bonds. The SMILES string of the molecule is C[C@@H]1CCCC[C@H]1NC(=O)COC(=O)CSCc1ccccc1Cl. The molecule has 1 fully saturated rings. The van der Waals surface area contributed by atoms with Crippen molar-refractivity contribution in [2.24, 2.45) is 5.92 Å². The lowest BCUT2D eigenvalue weighted by atomic mass is 9.86. The van der Waals surface area contributed by atoms with E-state index in [0.717, 1.165) is 24.8 Å². The summed E-state index contributed by atoms with van der Waals surface area (Å²) in [7, 11) is 0. The first kappa shape index (κ1) is 19.1. The van der Waals surface area contributed by atoms with E-state index in [1.165, 1.54) is 18.2 Å². The van der Waals surface area contributed by atoms with Crippen LogP contribution in [-0.4, -0.2) is 30.3 Å². The Morgan fingerprint density at radius 3 is 2.79 bits per heavy atom. The van der Waals surface area contributed by atoms with Crippen molar-refractivity contribution in [2.75, 3.05) is 12.4 Å². The van der Waals surface area contributed by atoms with Crippen LogP contribution in [0.3, 0.4) is 0 Å². The number of hydrogen-bond donors (Lipinski definition) is 1.